The number of amides is 1. The number of ether oxygens (including phenoxy) is 1. The minimum atomic E-state index is -3.50. The van der Waals surface area contributed by atoms with Crippen molar-refractivity contribution in [2.75, 3.05) is 19.0 Å². The van der Waals surface area contributed by atoms with E-state index in [1.807, 2.05) is 39.0 Å². The van der Waals surface area contributed by atoms with Crippen LogP contribution in [0.1, 0.15) is 31.4 Å². The van der Waals surface area contributed by atoms with Crippen LogP contribution in [0.4, 0.5) is 5.69 Å². The van der Waals surface area contributed by atoms with Crippen LogP contribution in [0, 0.1) is 12.8 Å². The van der Waals surface area contributed by atoms with Gasteiger partial charge in [0.15, 0.2) is 0 Å². The van der Waals surface area contributed by atoms with Gasteiger partial charge in [0.2, 0.25) is 15.9 Å². The van der Waals surface area contributed by atoms with Crippen molar-refractivity contribution in [2.24, 2.45) is 5.92 Å². The lowest BCUT2D eigenvalue weighted by Gasteiger charge is -2.11. The van der Waals surface area contributed by atoms with E-state index >= 15 is 0 Å². The molecule has 0 heterocycles. The molecule has 0 saturated carbocycles. The SMILES string of the molecule is COc1ccc(C)cc1NC(=O)CCc1ccc(S(=O)(=O)NCC(C)C)cc1. The molecule has 1 amide bonds. The molecular weight excluding hydrogens is 376 g/mol. The number of carbonyl (C=O) groups is 1. The second-order valence-corrected chi connectivity index (χ2v) is 8.91. The number of rotatable bonds is 9. The Bertz CT molecular complexity index is 907. The number of nitrogens with one attached hydrogen (secondary N) is 2. The summed E-state index contributed by atoms with van der Waals surface area (Å²) in [5.41, 5.74) is 2.57. The van der Waals surface area contributed by atoms with E-state index in [2.05, 4.69) is 10.0 Å². The van der Waals surface area contributed by atoms with Gasteiger partial charge in [-0.05, 0) is 54.7 Å². The highest BCUT2D eigenvalue weighted by atomic mass is 32.2. The third kappa shape index (κ3) is 6.35. The molecular formula is C21H28N2O4S. The smallest absolute Gasteiger partial charge is 0.240 e. The number of benzene rings is 2. The normalized spacial score (nSPS) is 11.5. The Kier molecular flexibility index (Phi) is 7.60. The molecule has 0 aliphatic carbocycles. The van der Waals surface area contributed by atoms with Crippen molar-refractivity contribution in [2.45, 2.75) is 38.5 Å². The molecule has 152 valence electrons. The fourth-order valence-electron chi connectivity index (χ4n) is 2.59. The minimum Gasteiger partial charge on any atom is -0.495 e. The first-order chi connectivity index (χ1) is 13.2. The monoisotopic (exact) mass is 404 g/mol. The fraction of sp³-hybridized carbons (Fsp3) is 0.381. The van der Waals surface area contributed by atoms with Gasteiger partial charge >= 0.3 is 0 Å². The summed E-state index contributed by atoms with van der Waals surface area (Å²) in [7, 11) is -1.94. The number of anilines is 1. The first-order valence-corrected chi connectivity index (χ1v) is 10.7. The summed E-state index contributed by atoms with van der Waals surface area (Å²) in [6.07, 6.45) is 0.800. The van der Waals surface area contributed by atoms with E-state index in [9.17, 15) is 13.2 Å². The molecule has 2 N–H and O–H groups in total. The maximum Gasteiger partial charge on any atom is 0.240 e. The third-order valence-corrected chi connectivity index (χ3v) is 5.62. The van der Waals surface area contributed by atoms with Crippen molar-refractivity contribution >= 4 is 21.6 Å². The number of hydrogen-bond acceptors (Lipinski definition) is 4. The van der Waals surface area contributed by atoms with Gasteiger partial charge in [-0.3, -0.25) is 4.79 Å². The Labute approximate surface area is 167 Å². The standard InChI is InChI=1S/C21H28N2O4S/c1-15(2)14-22-28(25,26)18-9-6-17(7-10-18)8-12-21(24)23-19-13-16(3)5-11-20(19)27-4/h5-7,9-11,13,15,22H,8,12,14H2,1-4H3,(H,23,24). The van der Waals surface area contributed by atoms with E-state index in [-0.39, 0.29) is 23.1 Å². The molecule has 0 spiro atoms. The Morgan fingerprint density at radius 3 is 2.39 bits per heavy atom. The zero-order valence-corrected chi connectivity index (χ0v) is 17.6. The topological polar surface area (TPSA) is 84.5 Å². The molecule has 0 aromatic heterocycles. The predicted octanol–water partition coefficient (Wildman–Crippen LogP) is 3.51. The number of hydrogen-bond donors (Lipinski definition) is 2. The molecule has 0 aliphatic rings. The molecule has 0 unspecified atom stereocenters. The van der Waals surface area contributed by atoms with Crippen molar-refractivity contribution in [3.8, 4) is 5.75 Å². The van der Waals surface area contributed by atoms with Crippen LogP contribution in [0.15, 0.2) is 47.4 Å². The highest BCUT2D eigenvalue weighted by molar-refractivity contribution is 7.89. The van der Waals surface area contributed by atoms with E-state index < -0.39 is 10.0 Å². The van der Waals surface area contributed by atoms with Crippen LogP contribution in [0.5, 0.6) is 5.75 Å². The summed E-state index contributed by atoms with van der Waals surface area (Å²) in [6.45, 7) is 6.24. The Balaban J connectivity index is 1.94. The molecule has 6 nitrogen and oxygen atoms in total. The lowest BCUT2D eigenvalue weighted by atomic mass is 10.1. The van der Waals surface area contributed by atoms with Crippen LogP contribution in [0.2, 0.25) is 0 Å². The summed E-state index contributed by atoms with van der Waals surface area (Å²) in [4.78, 5) is 12.5. The van der Waals surface area contributed by atoms with Gasteiger partial charge in [0.25, 0.3) is 0 Å². The van der Waals surface area contributed by atoms with Crippen molar-refractivity contribution in [1.29, 1.82) is 0 Å². The molecule has 2 rings (SSSR count). The molecule has 2 aromatic carbocycles. The minimum absolute atomic E-state index is 0.126. The zero-order valence-electron chi connectivity index (χ0n) is 16.8. The molecule has 7 heteroatoms. The molecule has 0 fully saturated rings. The number of carbonyl (C=O) groups excluding carboxylic acids is 1. The van der Waals surface area contributed by atoms with E-state index in [1.54, 1.807) is 31.4 Å². The highest BCUT2D eigenvalue weighted by Crippen LogP contribution is 2.25. The van der Waals surface area contributed by atoms with Crippen LogP contribution in [0.25, 0.3) is 0 Å². The summed E-state index contributed by atoms with van der Waals surface area (Å²) in [5, 5.41) is 2.87. The summed E-state index contributed by atoms with van der Waals surface area (Å²) in [5.74, 6) is 0.723. The largest absolute Gasteiger partial charge is 0.495 e. The maximum absolute atomic E-state index is 12.3. The van der Waals surface area contributed by atoms with Gasteiger partial charge in [0.1, 0.15) is 5.75 Å². The predicted molar refractivity (Wildman–Crippen MR) is 111 cm³/mol. The van der Waals surface area contributed by atoms with Crippen molar-refractivity contribution < 1.29 is 17.9 Å². The van der Waals surface area contributed by atoms with Crippen LogP contribution in [-0.2, 0) is 21.2 Å². The lowest BCUT2D eigenvalue weighted by molar-refractivity contribution is -0.116. The molecule has 0 aliphatic heterocycles. The van der Waals surface area contributed by atoms with Crippen LogP contribution in [0.3, 0.4) is 0 Å². The average Bonchev–Trinajstić information content (AvgIpc) is 2.65. The van der Waals surface area contributed by atoms with Crippen molar-refractivity contribution in [3.05, 3.63) is 53.6 Å². The summed E-state index contributed by atoms with van der Waals surface area (Å²) >= 11 is 0. The number of sulfonamides is 1. The van der Waals surface area contributed by atoms with Crippen LogP contribution >= 0.6 is 0 Å². The van der Waals surface area contributed by atoms with E-state index in [0.717, 1.165) is 11.1 Å². The molecule has 0 atom stereocenters. The lowest BCUT2D eigenvalue weighted by Crippen LogP contribution is -2.27. The van der Waals surface area contributed by atoms with E-state index in [0.29, 0.717) is 24.4 Å². The van der Waals surface area contributed by atoms with Crippen LogP contribution < -0.4 is 14.8 Å². The number of aryl methyl sites for hydroxylation is 2. The fourth-order valence-corrected chi connectivity index (χ4v) is 3.80. The van der Waals surface area contributed by atoms with Crippen LogP contribution in [-0.4, -0.2) is 28.0 Å². The summed E-state index contributed by atoms with van der Waals surface area (Å²) < 4.78 is 32.3. The van der Waals surface area contributed by atoms with Crippen molar-refractivity contribution in [1.82, 2.24) is 4.72 Å². The van der Waals surface area contributed by atoms with Crippen molar-refractivity contribution in [3.63, 3.8) is 0 Å². The zero-order chi connectivity index (χ0) is 20.7. The molecule has 28 heavy (non-hydrogen) atoms. The number of methoxy groups -OCH3 is 1. The Morgan fingerprint density at radius 2 is 1.79 bits per heavy atom. The van der Waals surface area contributed by atoms with Gasteiger partial charge in [-0.1, -0.05) is 32.0 Å². The van der Waals surface area contributed by atoms with Gasteiger partial charge in [0, 0.05) is 13.0 Å². The van der Waals surface area contributed by atoms with Gasteiger partial charge in [-0.2, -0.15) is 0 Å². The average molecular weight is 405 g/mol. The molecule has 0 bridgehead atoms. The molecule has 0 radical (unpaired) electrons. The van der Waals surface area contributed by atoms with Gasteiger partial charge in [-0.15, -0.1) is 0 Å². The Morgan fingerprint density at radius 1 is 1.11 bits per heavy atom. The van der Waals surface area contributed by atoms with Gasteiger partial charge in [0.05, 0.1) is 17.7 Å². The second kappa shape index (κ2) is 9.71. The Hall–Kier alpha value is -2.38. The first-order valence-electron chi connectivity index (χ1n) is 9.24. The second-order valence-electron chi connectivity index (χ2n) is 7.14. The van der Waals surface area contributed by atoms with E-state index in [1.165, 1.54) is 0 Å². The van der Waals surface area contributed by atoms with Gasteiger partial charge < -0.3 is 10.1 Å². The molecule has 2 aromatic rings. The van der Waals surface area contributed by atoms with Gasteiger partial charge in [-0.25, -0.2) is 13.1 Å². The summed E-state index contributed by atoms with van der Waals surface area (Å²) in [6, 6.07) is 12.2. The maximum atomic E-state index is 12.3. The molecule has 0 saturated heterocycles. The third-order valence-electron chi connectivity index (χ3n) is 4.19. The first kappa shape index (κ1) is 21.9. The van der Waals surface area contributed by atoms with E-state index in [4.69, 9.17) is 4.74 Å². The highest BCUT2D eigenvalue weighted by Gasteiger charge is 2.14. The quantitative estimate of drug-likeness (QED) is 0.670.